The quantitative estimate of drug-likeness (QED) is 0.679. The van der Waals surface area contributed by atoms with E-state index >= 15 is 0 Å². The Labute approximate surface area is 141 Å². The van der Waals surface area contributed by atoms with Gasteiger partial charge in [-0.1, -0.05) is 37.6 Å². The summed E-state index contributed by atoms with van der Waals surface area (Å²) in [7, 11) is 0. The molecule has 0 radical (unpaired) electrons. The topological polar surface area (TPSA) is 60.7 Å². The molecule has 0 aromatic carbocycles. The lowest BCUT2D eigenvalue weighted by Gasteiger charge is -2.60. The molecule has 3 N–H and O–H groups in total. The largest absolute Gasteiger partial charge is 0.396 e. The van der Waals surface area contributed by atoms with Crippen LogP contribution in [0.3, 0.4) is 0 Å². The number of hydrogen-bond acceptors (Lipinski definition) is 3. The van der Waals surface area contributed by atoms with Crippen LogP contribution >= 0.6 is 0 Å². The Bertz CT molecular complexity index is 470. The zero-order chi connectivity index (χ0) is 17.3. The van der Waals surface area contributed by atoms with Crippen molar-refractivity contribution in [3.8, 4) is 0 Å². The Morgan fingerprint density at radius 1 is 1.30 bits per heavy atom. The van der Waals surface area contributed by atoms with Crippen LogP contribution < -0.4 is 0 Å². The second-order valence-electron chi connectivity index (χ2n) is 8.30. The molecule has 2 saturated carbocycles. The van der Waals surface area contributed by atoms with Crippen molar-refractivity contribution in [2.75, 3.05) is 13.2 Å². The molecule has 0 bridgehead atoms. The molecule has 2 aliphatic rings. The molecule has 0 aromatic rings. The maximum absolute atomic E-state index is 10.5. The Balaban J connectivity index is 2.25. The molecule has 23 heavy (non-hydrogen) atoms. The second-order valence-corrected chi connectivity index (χ2v) is 8.30. The van der Waals surface area contributed by atoms with E-state index in [9.17, 15) is 10.2 Å². The fraction of sp³-hybridized carbons (Fsp3) is 0.800. The van der Waals surface area contributed by atoms with Gasteiger partial charge in [0.25, 0.3) is 0 Å². The Morgan fingerprint density at radius 3 is 2.61 bits per heavy atom. The van der Waals surface area contributed by atoms with Crippen LogP contribution in [0.5, 0.6) is 0 Å². The van der Waals surface area contributed by atoms with Crippen molar-refractivity contribution in [3.63, 3.8) is 0 Å². The Morgan fingerprint density at radius 2 is 2.00 bits per heavy atom. The summed E-state index contributed by atoms with van der Waals surface area (Å²) in [6.07, 6.45) is 7.28. The molecule has 5 atom stereocenters. The van der Waals surface area contributed by atoms with Crippen molar-refractivity contribution in [3.05, 3.63) is 23.8 Å². The summed E-state index contributed by atoms with van der Waals surface area (Å²) in [5.41, 5.74) is 2.26. The summed E-state index contributed by atoms with van der Waals surface area (Å²) in [5, 5.41) is 29.5. The Kier molecular flexibility index (Phi) is 5.76. The summed E-state index contributed by atoms with van der Waals surface area (Å²) in [6, 6.07) is 0. The molecule has 2 rings (SSSR count). The van der Waals surface area contributed by atoms with Crippen LogP contribution in [0.25, 0.3) is 0 Å². The van der Waals surface area contributed by atoms with Gasteiger partial charge in [-0.05, 0) is 62.7 Å². The SMILES string of the molecule is C=C1CCC2[C@@](C)(CO)[C@H](O)CC[C@@]2(C)[C@@H]1CC/C(C)=C/CO. The predicted octanol–water partition coefficient (Wildman–Crippen LogP) is 3.45. The van der Waals surface area contributed by atoms with E-state index in [2.05, 4.69) is 27.4 Å². The summed E-state index contributed by atoms with van der Waals surface area (Å²) < 4.78 is 0. The first kappa shape index (κ1) is 18.7. The molecular weight excluding hydrogens is 288 g/mol. The zero-order valence-electron chi connectivity index (χ0n) is 15.0. The fourth-order valence-electron chi connectivity index (χ4n) is 5.36. The van der Waals surface area contributed by atoms with Crippen molar-refractivity contribution in [1.82, 2.24) is 0 Å². The van der Waals surface area contributed by atoms with Crippen molar-refractivity contribution >= 4 is 0 Å². The minimum absolute atomic E-state index is 0.0526. The van der Waals surface area contributed by atoms with E-state index in [0.717, 1.165) is 38.5 Å². The van der Waals surface area contributed by atoms with E-state index < -0.39 is 11.5 Å². The van der Waals surface area contributed by atoms with Gasteiger partial charge in [0, 0.05) is 5.41 Å². The molecule has 2 fully saturated rings. The first-order valence-corrected chi connectivity index (χ1v) is 9.02. The fourth-order valence-corrected chi connectivity index (χ4v) is 5.36. The van der Waals surface area contributed by atoms with Crippen LogP contribution in [0.1, 0.15) is 59.3 Å². The van der Waals surface area contributed by atoms with Crippen LogP contribution in [0.4, 0.5) is 0 Å². The monoisotopic (exact) mass is 322 g/mol. The number of allylic oxidation sites excluding steroid dienone is 2. The van der Waals surface area contributed by atoms with Gasteiger partial charge in [-0.15, -0.1) is 0 Å². The van der Waals surface area contributed by atoms with Crippen LogP contribution in [-0.4, -0.2) is 34.6 Å². The molecule has 0 spiro atoms. The summed E-state index contributed by atoms with van der Waals surface area (Å²) in [4.78, 5) is 0. The van der Waals surface area contributed by atoms with E-state index in [1.165, 1.54) is 11.1 Å². The van der Waals surface area contributed by atoms with E-state index in [1.807, 2.05) is 6.08 Å². The minimum Gasteiger partial charge on any atom is -0.396 e. The van der Waals surface area contributed by atoms with Crippen LogP contribution in [0, 0.1) is 22.7 Å². The molecular formula is C20H34O3. The van der Waals surface area contributed by atoms with Crippen molar-refractivity contribution in [2.24, 2.45) is 22.7 Å². The maximum Gasteiger partial charge on any atom is 0.0618 e. The maximum atomic E-state index is 10.5. The average Bonchev–Trinajstić information content (AvgIpc) is 2.51. The van der Waals surface area contributed by atoms with Gasteiger partial charge in [0.15, 0.2) is 0 Å². The van der Waals surface area contributed by atoms with Crippen molar-refractivity contribution < 1.29 is 15.3 Å². The molecule has 3 heteroatoms. The molecule has 132 valence electrons. The van der Waals surface area contributed by atoms with Crippen molar-refractivity contribution in [2.45, 2.75) is 65.4 Å². The third-order valence-corrected chi connectivity index (χ3v) is 6.96. The van der Waals surface area contributed by atoms with E-state index in [0.29, 0.717) is 11.8 Å². The second kappa shape index (κ2) is 7.08. The van der Waals surface area contributed by atoms with Gasteiger partial charge in [-0.3, -0.25) is 0 Å². The number of hydrogen-bond donors (Lipinski definition) is 3. The standard InChI is InChI=1S/C20H34O3/c1-14(10-12-21)5-7-16-15(2)6-8-17-19(16,3)11-9-18(23)20(17,4)13-22/h10,16-18,21-23H,2,5-9,11-13H2,1,3-4H3/b14-10+/t16-,17?,18-,19+,20-/m1/s1. The van der Waals surface area contributed by atoms with Crippen LogP contribution in [0.15, 0.2) is 23.8 Å². The molecule has 0 aromatic heterocycles. The van der Waals surface area contributed by atoms with Gasteiger partial charge < -0.3 is 15.3 Å². The highest BCUT2D eigenvalue weighted by Gasteiger charge is 2.57. The highest BCUT2D eigenvalue weighted by Crippen LogP contribution is 2.61. The molecule has 1 unspecified atom stereocenters. The predicted molar refractivity (Wildman–Crippen MR) is 94.0 cm³/mol. The van der Waals surface area contributed by atoms with E-state index in [1.54, 1.807) is 0 Å². The van der Waals surface area contributed by atoms with Gasteiger partial charge in [-0.25, -0.2) is 0 Å². The van der Waals surface area contributed by atoms with Gasteiger partial charge >= 0.3 is 0 Å². The summed E-state index contributed by atoms with van der Waals surface area (Å²) in [5.74, 6) is 0.767. The number of aliphatic hydroxyl groups excluding tert-OH is 3. The highest BCUT2D eigenvalue weighted by atomic mass is 16.3. The summed E-state index contributed by atoms with van der Waals surface area (Å²) >= 11 is 0. The molecule has 0 aliphatic heterocycles. The van der Waals surface area contributed by atoms with Gasteiger partial charge in [0.2, 0.25) is 0 Å². The lowest BCUT2D eigenvalue weighted by Crippen LogP contribution is -2.57. The van der Waals surface area contributed by atoms with Crippen LogP contribution in [-0.2, 0) is 0 Å². The number of fused-ring (bicyclic) bond motifs is 1. The van der Waals surface area contributed by atoms with Gasteiger partial charge in [-0.2, -0.15) is 0 Å². The first-order chi connectivity index (χ1) is 10.8. The van der Waals surface area contributed by atoms with Gasteiger partial charge in [0.1, 0.15) is 0 Å². The summed E-state index contributed by atoms with van der Waals surface area (Å²) in [6.45, 7) is 11.0. The van der Waals surface area contributed by atoms with Gasteiger partial charge in [0.05, 0.1) is 19.3 Å². The van der Waals surface area contributed by atoms with E-state index in [-0.39, 0.29) is 18.6 Å². The number of rotatable bonds is 5. The molecule has 0 heterocycles. The van der Waals surface area contributed by atoms with Crippen molar-refractivity contribution in [1.29, 1.82) is 0 Å². The normalized spacial score (nSPS) is 41.7. The first-order valence-electron chi connectivity index (χ1n) is 9.02. The van der Waals surface area contributed by atoms with Crippen LogP contribution in [0.2, 0.25) is 0 Å². The molecule has 2 aliphatic carbocycles. The third-order valence-electron chi connectivity index (χ3n) is 6.96. The molecule has 0 saturated heterocycles. The van der Waals surface area contributed by atoms with E-state index in [4.69, 9.17) is 5.11 Å². The highest BCUT2D eigenvalue weighted by molar-refractivity contribution is 5.18. The number of aliphatic hydroxyl groups is 3. The average molecular weight is 322 g/mol. The third kappa shape index (κ3) is 3.29. The lowest BCUT2D eigenvalue weighted by atomic mass is 9.46. The zero-order valence-corrected chi connectivity index (χ0v) is 15.0. The minimum atomic E-state index is -0.409. The Hall–Kier alpha value is -0.640. The molecule has 0 amide bonds. The smallest absolute Gasteiger partial charge is 0.0618 e. The molecule has 3 nitrogen and oxygen atoms in total. The lowest BCUT2D eigenvalue weighted by molar-refractivity contribution is -0.152.